The van der Waals surface area contributed by atoms with Crippen molar-refractivity contribution >= 4 is 17.5 Å². The van der Waals surface area contributed by atoms with Crippen molar-refractivity contribution in [2.75, 3.05) is 37.6 Å². The van der Waals surface area contributed by atoms with Gasteiger partial charge in [-0.25, -0.2) is 0 Å². The van der Waals surface area contributed by atoms with Gasteiger partial charge in [0.05, 0.1) is 6.54 Å². The van der Waals surface area contributed by atoms with Crippen molar-refractivity contribution in [2.45, 2.75) is 13.8 Å². The molecule has 6 heteroatoms. The Morgan fingerprint density at radius 2 is 1.76 bits per heavy atom. The fraction of sp³-hybridized carbons (Fsp3) is 0.467. The minimum atomic E-state index is -0.271. The summed E-state index contributed by atoms with van der Waals surface area (Å²) < 4.78 is 0. The maximum atomic E-state index is 11.6. The van der Waals surface area contributed by atoms with Crippen LogP contribution in [0.3, 0.4) is 0 Å². The molecule has 1 heterocycles. The average Bonchev–Trinajstić information content (AvgIpc) is 2.47. The van der Waals surface area contributed by atoms with Gasteiger partial charge in [-0.05, 0) is 18.6 Å². The number of aryl methyl sites for hydroxylation is 1. The molecule has 0 bridgehead atoms. The van der Waals surface area contributed by atoms with Gasteiger partial charge in [0, 0.05) is 38.8 Å². The number of anilines is 1. The standard InChI is InChI=1S/C15H22N4O2/c1-12-5-3-4-6-14(12)19-9-7-18(8-10-19)11-15(21)17-16-13(2)20/h3-6H,7-11H2,1-2H3,(H,16,20)(H,17,21). The third-order valence-corrected chi connectivity index (χ3v) is 3.57. The number of hydrogen-bond donors (Lipinski definition) is 2. The van der Waals surface area contributed by atoms with Gasteiger partial charge in [0.2, 0.25) is 5.91 Å². The zero-order valence-corrected chi connectivity index (χ0v) is 12.6. The zero-order chi connectivity index (χ0) is 15.2. The number of nitrogens with one attached hydrogen (secondary N) is 2. The van der Waals surface area contributed by atoms with Crippen LogP contribution in [0.15, 0.2) is 24.3 Å². The van der Waals surface area contributed by atoms with Gasteiger partial charge < -0.3 is 4.90 Å². The SMILES string of the molecule is CC(=O)NNC(=O)CN1CCN(c2ccccc2C)CC1. The second kappa shape index (κ2) is 7.08. The quantitative estimate of drug-likeness (QED) is 0.785. The molecule has 6 nitrogen and oxygen atoms in total. The predicted octanol–water partition coefficient (Wildman–Crippen LogP) is 0.284. The summed E-state index contributed by atoms with van der Waals surface area (Å²) in [5, 5.41) is 0. The summed E-state index contributed by atoms with van der Waals surface area (Å²) in [5.74, 6) is -0.456. The van der Waals surface area contributed by atoms with Crippen LogP contribution in [0.1, 0.15) is 12.5 Å². The van der Waals surface area contributed by atoms with Gasteiger partial charge in [0.25, 0.3) is 5.91 Å². The van der Waals surface area contributed by atoms with Gasteiger partial charge in [0.1, 0.15) is 0 Å². The predicted molar refractivity (Wildman–Crippen MR) is 81.8 cm³/mol. The summed E-state index contributed by atoms with van der Waals surface area (Å²) in [6, 6.07) is 8.34. The molecule has 114 valence electrons. The van der Waals surface area contributed by atoms with Crippen molar-refractivity contribution in [1.82, 2.24) is 15.8 Å². The summed E-state index contributed by atoms with van der Waals surface area (Å²) in [6.45, 7) is 7.26. The highest BCUT2D eigenvalue weighted by Crippen LogP contribution is 2.20. The highest BCUT2D eigenvalue weighted by molar-refractivity contribution is 5.81. The molecule has 0 unspecified atom stereocenters. The van der Waals surface area contributed by atoms with Crippen LogP contribution >= 0.6 is 0 Å². The number of carbonyl (C=O) groups excluding carboxylic acids is 2. The first-order valence-electron chi connectivity index (χ1n) is 7.14. The molecule has 1 saturated heterocycles. The molecule has 1 fully saturated rings. The Hall–Kier alpha value is -2.08. The van der Waals surface area contributed by atoms with E-state index in [2.05, 4.69) is 45.8 Å². The van der Waals surface area contributed by atoms with Gasteiger partial charge in [0.15, 0.2) is 0 Å². The molecule has 1 aliphatic rings. The number of hydrogen-bond acceptors (Lipinski definition) is 4. The minimum Gasteiger partial charge on any atom is -0.369 e. The molecule has 2 amide bonds. The molecule has 1 aromatic carbocycles. The first-order chi connectivity index (χ1) is 10.1. The van der Waals surface area contributed by atoms with Crippen LogP contribution in [0.5, 0.6) is 0 Å². The van der Waals surface area contributed by atoms with E-state index in [0.29, 0.717) is 6.54 Å². The van der Waals surface area contributed by atoms with Crippen LogP contribution in [0.25, 0.3) is 0 Å². The Kier molecular flexibility index (Phi) is 5.16. The van der Waals surface area contributed by atoms with Crippen molar-refractivity contribution in [1.29, 1.82) is 0 Å². The van der Waals surface area contributed by atoms with E-state index in [1.807, 2.05) is 6.07 Å². The topological polar surface area (TPSA) is 64.7 Å². The van der Waals surface area contributed by atoms with Crippen LogP contribution in [0, 0.1) is 6.92 Å². The number of hydrazine groups is 1. The number of para-hydroxylation sites is 1. The lowest BCUT2D eigenvalue weighted by molar-refractivity contribution is -0.128. The van der Waals surface area contributed by atoms with E-state index in [1.165, 1.54) is 18.2 Å². The summed E-state index contributed by atoms with van der Waals surface area (Å²) in [5.41, 5.74) is 7.23. The van der Waals surface area contributed by atoms with E-state index in [1.54, 1.807) is 0 Å². The van der Waals surface area contributed by atoms with E-state index in [-0.39, 0.29) is 11.8 Å². The van der Waals surface area contributed by atoms with Crippen molar-refractivity contribution in [3.05, 3.63) is 29.8 Å². The number of benzene rings is 1. The normalized spacial score (nSPS) is 15.6. The minimum absolute atomic E-state index is 0.186. The summed E-state index contributed by atoms with van der Waals surface area (Å²) in [4.78, 5) is 26.8. The van der Waals surface area contributed by atoms with Gasteiger partial charge >= 0.3 is 0 Å². The fourth-order valence-electron chi connectivity index (χ4n) is 2.47. The summed E-state index contributed by atoms with van der Waals surface area (Å²) >= 11 is 0. The van der Waals surface area contributed by atoms with E-state index in [4.69, 9.17) is 0 Å². The van der Waals surface area contributed by atoms with E-state index >= 15 is 0 Å². The highest BCUT2D eigenvalue weighted by Gasteiger charge is 2.19. The largest absolute Gasteiger partial charge is 0.369 e. The zero-order valence-electron chi connectivity index (χ0n) is 12.6. The monoisotopic (exact) mass is 290 g/mol. The molecule has 2 N–H and O–H groups in total. The van der Waals surface area contributed by atoms with E-state index in [9.17, 15) is 9.59 Å². The number of carbonyl (C=O) groups is 2. The van der Waals surface area contributed by atoms with Crippen molar-refractivity contribution in [3.63, 3.8) is 0 Å². The van der Waals surface area contributed by atoms with Crippen molar-refractivity contribution in [2.24, 2.45) is 0 Å². The molecule has 1 aromatic rings. The molecule has 0 atom stereocenters. The van der Waals surface area contributed by atoms with E-state index in [0.717, 1.165) is 26.2 Å². The molecule has 1 aliphatic heterocycles. The molecule has 2 rings (SSSR count). The Bertz CT molecular complexity index is 510. The first kappa shape index (κ1) is 15.3. The molecule has 0 radical (unpaired) electrons. The van der Waals surface area contributed by atoms with E-state index < -0.39 is 0 Å². The second-order valence-corrected chi connectivity index (χ2v) is 5.28. The van der Waals surface area contributed by atoms with Gasteiger partial charge in [-0.3, -0.25) is 25.3 Å². The maximum Gasteiger partial charge on any atom is 0.252 e. The smallest absolute Gasteiger partial charge is 0.252 e. The lowest BCUT2D eigenvalue weighted by Gasteiger charge is -2.36. The molecule has 0 aromatic heterocycles. The van der Waals surface area contributed by atoms with Crippen molar-refractivity contribution < 1.29 is 9.59 Å². The molecular weight excluding hydrogens is 268 g/mol. The van der Waals surface area contributed by atoms with Gasteiger partial charge in [-0.2, -0.15) is 0 Å². The Morgan fingerprint density at radius 1 is 1.10 bits per heavy atom. The van der Waals surface area contributed by atoms with Crippen LogP contribution in [-0.4, -0.2) is 49.4 Å². The maximum absolute atomic E-state index is 11.6. The van der Waals surface area contributed by atoms with Crippen LogP contribution in [0.4, 0.5) is 5.69 Å². The lowest BCUT2D eigenvalue weighted by Crippen LogP contribution is -2.51. The van der Waals surface area contributed by atoms with Crippen LogP contribution in [-0.2, 0) is 9.59 Å². The number of nitrogens with zero attached hydrogens (tertiary/aromatic N) is 2. The number of amides is 2. The van der Waals surface area contributed by atoms with Crippen LogP contribution in [0.2, 0.25) is 0 Å². The summed E-state index contributed by atoms with van der Waals surface area (Å²) in [7, 11) is 0. The molecule has 0 saturated carbocycles. The molecular formula is C15H22N4O2. The first-order valence-corrected chi connectivity index (χ1v) is 7.14. The number of piperazine rings is 1. The van der Waals surface area contributed by atoms with Gasteiger partial charge in [-0.1, -0.05) is 18.2 Å². The second-order valence-electron chi connectivity index (χ2n) is 5.28. The average molecular weight is 290 g/mol. The molecule has 0 aliphatic carbocycles. The lowest BCUT2D eigenvalue weighted by atomic mass is 10.1. The van der Waals surface area contributed by atoms with Crippen LogP contribution < -0.4 is 15.8 Å². The molecule has 21 heavy (non-hydrogen) atoms. The Balaban J connectivity index is 1.79. The fourth-order valence-corrected chi connectivity index (χ4v) is 2.47. The van der Waals surface area contributed by atoms with Crippen molar-refractivity contribution in [3.8, 4) is 0 Å². The van der Waals surface area contributed by atoms with Gasteiger partial charge in [-0.15, -0.1) is 0 Å². The number of rotatable bonds is 3. The third kappa shape index (κ3) is 4.46. The third-order valence-electron chi connectivity index (χ3n) is 3.57. The summed E-state index contributed by atoms with van der Waals surface area (Å²) in [6.07, 6.45) is 0. The highest BCUT2D eigenvalue weighted by atomic mass is 16.2. The molecule has 0 spiro atoms. The Morgan fingerprint density at radius 3 is 2.38 bits per heavy atom. The Labute approximate surface area is 125 Å².